The summed E-state index contributed by atoms with van der Waals surface area (Å²) in [6.07, 6.45) is 0. The van der Waals surface area contributed by atoms with E-state index in [2.05, 4.69) is 11.3 Å². The maximum atomic E-state index is 12.0. The predicted octanol–water partition coefficient (Wildman–Crippen LogP) is 0.696. The van der Waals surface area contributed by atoms with Crippen molar-refractivity contribution in [3.63, 3.8) is 0 Å². The summed E-state index contributed by atoms with van der Waals surface area (Å²) < 4.78 is 27.9. The molecule has 0 amide bonds. The van der Waals surface area contributed by atoms with Gasteiger partial charge in [-0.15, -0.1) is 4.40 Å². The first-order valence-corrected chi connectivity index (χ1v) is 7.77. The topological polar surface area (TPSA) is 70.0 Å². The van der Waals surface area contributed by atoms with E-state index in [-0.39, 0.29) is 17.4 Å². The van der Waals surface area contributed by atoms with Gasteiger partial charge in [-0.1, -0.05) is 19.1 Å². The first-order chi connectivity index (χ1) is 9.03. The van der Waals surface area contributed by atoms with Gasteiger partial charge in [0.15, 0.2) is 5.84 Å². The number of aliphatic hydroxyl groups is 1. The summed E-state index contributed by atoms with van der Waals surface area (Å²) in [4.78, 5) is 2.25. The minimum Gasteiger partial charge on any atom is -0.396 e. The molecule has 1 aromatic rings. The number of likely N-dealkylation sites (tertiary alicyclic amines) is 1. The predicted molar refractivity (Wildman–Crippen MR) is 71.5 cm³/mol. The molecule has 0 unspecified atom stereocenters. The Morgan fingerprint density at radius 1 is 1.37 bits per heavy atom. The van der Waals surface area contributed by atoms with E-state index in [4.69, 9.17) is 0 Å². The van der Waals surface area contributed by atoms with Gasteiger partial charge in [0.1, 0.15) is 4.90 Å². The van der Waals surface area contributed by atoms with Crippen molar-refractivity contribution in [2.45, 2.75) is 11.8 Å². The van der Waals surface area contributed by atoms with Gasteiger partial charge in [0.25, 0.3) is 10.0 Å². The quantitative estimate of drug-likeness (QED) is 0.822. The summed E-state index contributed by atoms with van der Waals surface area (Å²) in [6, 6.07) is 6.90. The molecule has 3 rings (SSSR count). The Labute approximate surface area is 112 Å². The van der Waals surface area contributed by atoms with Crippen molar-refractivity contribution < 1.29 is 13.5 Å². The fourth-order valence-electron chi connectivity index (χ4n) is 2.76. The number of amidine groups is 1. The van der Waals surface area contributed by atoms with Crippen LogP contribution in [0.5, 0.6) is 0 Å². The molecule has 0 bridgehead atoms. The number of aliphatic hydroxyl groups excluding tert-OH is 1. The third-order valence-electron chi connectivity index (χ3n) is 3.91. The summed E-state index contributed by atoms with van der Waals surface area (Å²) in [6.45, 7) is 3.57. The average molecular weight is 280 g/mol. The molecule has 19 heavy (non-hydrogen) atoms. The Hall–Kier alpha value is -1.40. The number of hydrogen-bond acceptors (Lipinski definition) is 4. The average Bonchev–Trinajstić information content (AvgIpc) is 2.89. The maximum Gasteiger partial charge on any atom is 0.285 e. The Balaban J connectivity index is 2.00. The highest BCUT2D eigenvalue weighted by molar-refractivity contribution is 7.90. The van der Waals surface area contributed by atoms with Crippen molar-refractivity contribution in [1.29, 1.82) is 0 Å². The van der Waals surface area contributed by atoms with Crippen LogP contribution >= 0.6 is 0 Å². The third-order valence-corrected chi connectivity index (χ3v) is 5.24. The highest BCUT2D eigenvalue weighted by Crippen LogP contribution is 2.31. The summed E-state index contributed by atoms with van der Waals surface area (Å²) in [5.74, 6) is 1.04. The van der Waals surface area contributed by atoms with Gasteiger partial charge in [-0.3, -0.25) is 0 Å². The largest absolute Gasteiger partial charge is 0.396 e. The van der Waals surface area contributed by atoms with Crippen LogP contribution in [-0.4, -0.2) is 44.0 Å². The third kappa shape index (κ3) is 1.95. The molecule has 1 fully saturated rings. The smallest absolute Gasteiger partial charge is 0.285 e. The normalized spacial score (nSPS) is 28.3. The Morgan fingerprint density at radius 3 is 2.79 bits per heavy atom. The Bertz CT molecular complexity index is 639. The molecule has 1 saturated heterocycles. The van der Waals surface area contributed by atoms with E-state index in [0.717, 1.165) is 6.54 Å². The number of fused-ring (bicyclic) bond motifs is 1. The van der Waals surface area contributed by atoms with Gasteiger partial charge in [-0.2, -0.15) is 8.42 Å². The van der Waals surface area contributed by atoms with Crippen LogP contribution in [0.3, 0.4) is 0 Å². The summed E-state index contributed by atoms with van der Waals surface area (Å²) in [5.41, 5.74) is 0.674. The molecule has 2 heterocycles. The lowest BCUT2D eigenvalue weighted by atomic mass is 10.00. The zero-order valence-electron chi connectivity index (χ0n) is 10.7. The minimum absolute atomic E-state index is 0.124. The Kier molecular flexibility index (Phi) is 2.87. The van der Waals surface area contributed by atoms with E-state index in [1.165, 1.54) is 0 Å². The van der Waals surface area contributed by atoms with Crippen LogP contribution in [0.25, 0.3) is 0 Å². The van der Waals surface area contributed by atoms with Crippen molar-refractivity contribution in [3.8, 4) is 0 Å². The molecular formula is C13H16N2O3S. The molecule has 5 nitrogen and oxygen atoms in total. The van der Waals surface area contributed by atoms with Crippen molar-refractivity contribution in [2.24, 2.45) is 16.2 Å². The zero-order valence-corrected chi connectivity index (χ0v) is 11.5. The number of benzene rings is 1. The van der Waals surface area contributed by atoms with Crippen molar-refractivity contribution in [2.75, 3.05) is 19.7 Å². The fourth-order valence-corrected chi connectivity index (χ4v) is 3.99. The second-order valence-corrected chi connectivity index (χ2v) is 6.78. The van der Waals surface area contributed by atoms with Crippen molar-refractivity contribution >= 4 is 15.9 Å². The lowest BCUT2D eigenvalue weighted by Gasteiger charge is -2.17. The molecule has 2 aliphatic rings. The Morgan fingerprint density at radius 2 is 2.11 bits per heavy atom. The van der Waals surface area contributed by atoms with E-state index >= 15 is 0 Å². The lowest BCUT2D eigenvalue weighted by molar-refractivity contribution is 0.210. The van der Waals surface area contributed by atoms with Crippen LogP contribution in [0.1, 0.15) is 12.5 Å². The van der Waals surface area contributed by atoms with Crippen LogP contribution < -0.4 is 0 Å². The molecule has 0 aliphatic carbocycles. The molecule has 6 heteroatoms. The summed E-state index contributed by atoms with van der Waals surface area (Å²) in [7, 11) is -3.55. The molecule has 0 saturated carbocycles. The highest BCUT2D eigenvalue weighted by Gasteiger charge is 2.37. The maximum absolute atomic E-state index is 12.0. The van der Waals surface area contributed by atoms with Crippen LogP contribution in [0, 0.1) is 11.8 Å². The number of sulfonamides is 1. The first-order valence-electron chi connectivity index (χ1n) is 6.33. The molecule has 1 N–H and O–H groups in total. The second-order valence-electron chi connectivity index (χ2n) is 5.21. The van der Waals surface area contributed by atoms with Crippen LogP contribution in [0.4, 0.5) is 0 Å². The number of rotatable bonds is 1. The fraction of sp³-hybridized carbons (Fsp3) is 0.462. The zero-order chi connectivity index (χ0) is 13.6. The minimum atomic E-state index is -3.55. The van der Waals surface area contributed by atoms with Gasteiger partial charge < -0.3 is 10.0 Å². The number of hydrogen-bond donors (Lipinski definition) is 1. The molecule has 0 radical (unpaired) electrons. The van der Waals surface area contributed by atoms with E-state index in [1.54, 1.807) is 18.2 Å². The van der Waals surface area contributed by atoms with E-state index in [9.17, 15) is 13.5 Å². The van der Waals surface area contributed by atoms with Gasteiger partial charge in [0, 0.05) is 31.2 Å². The van der Waals surface area contributed by atoms with Crippen LogP contribution in [0.2, 0.25) is 0 Å². The van der Waals surface area contributed by atoms with Crippen LogP contribution in [0.15, 0.2) is 33.6 Å². The van der Waals surface area contributed by atoms with Gasteiger partial charge in [-0.05, 0) is 18.1 Å². The van der Waals surface area contributed by atoms with E-state index < -0.39 is 10.0 Å². The van der Waals surface area contributed by atoms with Gasteiger partial charge in [-0.25, -0.2) is 0 Å². The van der Waals surface area contributed by atoms with Gasteiger partial charge in [0.2, 0.25) is 0 Å². The van der Waals surface area contributed by atoms with Crippen LogP contribution in [-0.2, 0) is 10.0 Å². The highest BCUT2D eigenvalue weighted by atomic mass is 32.2. The molecule has 0 spiro atoms. The first kappa shape index (κ1) is 12.6. The van der Waals surface area contributed by atoms with Crippen molar-refractivity contribution in [3.05, 3.63) is 29.8 Å². The lowest BCUT2D eigenvalue weighted by Crippen LogP contribution is -2.29. The molecule has 0 aromatic heterocycles. The van der Waals surface area contributed by atoms with Gasteiger partial charge >= 0.3 is 0 Å². The molecule has 2 atom stereocenters. The van der Waals surface area contributed by atoms with Crippen molar-refractivity contribution in [1.82, 2.24) is 4.90 Å². The molecule has 2 aliphatic heterocycles. The summed E-state index contributed by atoms with van der Waals surface area (Å²) >= 11 is 0. The monoisotopic (exact) mass is 280 g/mol. The molecule has 1 aromatic carbocycles. The molecular weight excluding hydrogens is 264 g/mol. The summed E-state index contributed by atoms with van der Waals surface area (Å²) in [5, 5.41) is 9.31. The van der Waals surface area contributed by atoms with Gasteiger partial charge in [0.05, 0.1) is 0 Å². The number of nitrogens with zero attached hydrogens (tertiary/aromatic N) is 2. The van der Waals surface area contributed by atoms with E-state index in [1.807, 2.05) is 11.0 Å². The second kappa shape index (κ2) is 4.31. The standard InChI is InChI=1S/C13H16N2O3S/c1-9-6-15(7-10(9)8-16)13-11-4-2-3-5-12(11)19(17,18)14-13/h2-5,9-10,16H,6-8H2,1H3/t9-,10+/m1/s1. The molecule has 102 valence electrons. The van der Waals surface area contributed by atoms with E-state index in [0.29, 0.717) is 23.9 Å². The SMILES string of the molecule is C[C@@H]1CN(C2=NS(=O)(=O)c3ccccc32)C[C@H]1CO.